The third kappa shape index (κ3) is 4.19. The fraction of sp³-hybridized carbons (Fsp3) is 0.133. The first-order chi connectivity index (χ1) is 9.95. The molecule has 3 N–H and O–H groups in total. The number of ether oxygens (including phenoxy) is 1. The van der Waals surface area contributed by atoms with E-state index in [1.807, 2.05) is 13.0 Å². The molecule has 0 atom stereocenters. The summed E-state index contributed by atoms with van der Waals surface area (Å²) in [5, 5.41) is 2.66. The number of nitrogens with one attached hydrogen (secondary N) is 1. The zero-order chi connectivity index (χ0) is 15.4. The number of amides is 1. The topological polar surface area (TPSA) is 64.3 Å². The van der Waals surface area contributed by atoms with Gasteiger partial charge in [0, 0.05) is 0 Å². The summed E-state index contributed by atoms with van der Waals surface area (Å²) in [5.41, 5.74) is 7.85. The second-order valence-corrected chi connectivity index (χ2v) is 5.36. The molecule has 0 saturated heterocycles. The molecular weight excluding hydrogens is 339 g/mol. The molecule has 110 valence electrons. The van der Waals surface area contributed by atoms with Crippen LogP contribution in [0.2, 0.25) is 0 Å². The predicted molar refractivity (Wildman–Crippen MR) is 83.8 cm³/mol. The fourth-order valence-electron chi connectivity index (χ4n) is 1.72. The van der Waals surface area contributed by atoms with Gasteiger partial charge in [-0.05, 0) is 58.7 Å². The molecule has 1 amide bonds. The van der Waals surface area contributed by atoms with Crippen LogP contribution in [0.15, 0.2) is 40.9 Å². The SMILES string of the molecule is Cc1ccc(NC(=O)COc2ccc(F)cc2Br)c(N)c1. The molecule has 2 aromatic carbocycles. The minimum Gasteiger partial charge on any atom is -0.483 e. The quantitative estimate of drug-likeness (QED) is 0.827. The summed E-state index contributed by atoms with van der Waals surface area (Å²) in [5.74, 6) is -0.337. The van der Waals surface area contributed by atoms with Crippen molar-refractivity contribution in [1.82, 2.24) is 0 Å². The Balaban J connectivity index is 1.96. The van der Waals surface area contributed by atoms with Crippen LogP contribution >= 0.6 is 15.9 Å². The van der Waals surface area contributed by atoms with Crippen molar-refractivity contribution in [2.45, 2.75) is 6.92 Å². The summed E-state index contributed by atoms with van der Waals surface area (Å²) < 4.78 is 18.7. The maximum Gasteiger partial charge on any atom is 0.262 e. The molecule has 0 aliphatic carbocycles. The zero-order valence-electron chi connectivity index (χ0n) is 11.3. The first-order valence-electron chi connectivity index (χ1n) is 6.19. The van der Waals surface area contributed by atoms with E-state index in [2.05, 4.69) is 21.2 Å². The Morgan fingerprint density at radius 2 is 2.10 bits per heavy atom. The van der Waals surface area contributed by atoms with Crippen molar-refractivity contribution in [2.75, 3.05) is 17.7 Å². The van der Waals surface area contributed by atoms with Gasteiger partial charge in [-0.25, -0.2) is 4.39 Å². The Kier molecular flexibility index (Phi) is 4.80. The molecular formula is C15H14BrFN2O2. The van der Waals surface area contributed by atoms with Crippen molar-refractivity contribution >= 4 is 33.2 Å². The van der Waals surface area contributed by atoms with E-state index in [9.17, 15) is 9.18 Å². The summed E-state index contributed by atoms with van der Waals surface area (Å²) >= 11 is 3.17. The van der Waals surface area contributed by atoms with Gasteiger partial charge in [0.2, 0.25) is 0 Å². The van der Waals surface area contributed by atoms with Gasteiger partial charge < -0.3 is 15.8 Å². The lowest BCUT2D eigenvalue weighted by Gasteiger charge is -2.10. The number of aryl methyl sites for hydroxylation is 1. The van der Waals surface area contributed by atoms with Crippen LogP contribution in [0.3, 0.4) is 0 Å². The van der Waals surface area contributed by atoms with Crippen molar-refractivity contribution in [1.29, 1.82) is 0 Å². The maximum absolute atomic E-state index is 12.9. The fourth-order valence-corrected chi connectivity index (χ4v) is 2.18. The third-order valence-electron chi connectivity index (χ3n) is 2.73. The lowest BCUT2D eigenvalue weighted by atomic mass is 10.2. The Labute approximate surface area is 130 Å². The summed E-state index contributed by atoms with van der Waals surface area (Å²) in [6.45, 7) is 1.72. The number of nitrogens with two attached hydrogens (primary N) is 1. The normalized spacial score (nSPS) is 10.2. The number of nitrogen functional groups attached to an aromatic ring is 1. The number of carbonyl (C=O) groups excluding carboxylic acids is 1. The van der Waals surface area contributed by atoms with Crippen LogP contribution in [0.5, 0.6) is 5.75 Å². The van der Waals surface area contributed by atoms with Crippen molar-refractivity contribution in [3.8, 4) is 5.75 Å². The van der Waals surface area contributed by atoms with Crippen LogP contribution < -0.4 is 15.8 Å². The van der Waals surface area contributed by atoms with E-state index in [0.717, 1.165) is 5.56 Å². The Morgan fingerprint density at radius 3 is 2.76 bits per heavy atom. The number of carbonyl (C=O) groups is 1. The average molecular weight is 353 g/mol. The second kappa shape index (κ2) is 6.58. The largest absolute Gasteiger partial charge is 0.483 e. The molecule has 4 nitrogen and oxygen atoms in total. The molecule has 6 heteroatoms. The van der Waals surface area contributed by atoms with Crippen LogP contribution in [0.25, 0.3) is 0 Å². The molecule has 0 spiro atoms. The van der Waals surface area contributed by atoms with Gasteiger partial charge in [-0.3, -0.25) is 4.79 Å². The van der Waals surface area contributed by atoms with E-state index >= 15 is 0 Å². The number of benzene rings is 2. The first kappa shape index (κ1) is 15.3. The minimum absolute atomic E-state index is 0.197. The van der Waals surface area contributed by atoms with Gasteiger partial charge in [-0.15, -0.1) is 0 Å². The molecule has 0 saturated carbocycles. The van der Waals surface area contributed by atoms with Crippen molar-refractivity contribution in [2.24, 2.45) is 0 Å². The van der Waals surface area contributed by atoms with Crippen LogP contribution in [0.4, 0.5) is 15.8 Å². The van der Waals surface area contributed by atoms with Crippen molar-refractivity contribution in [3.05, 3.63) is 52.3 Å². The number of anilines is 2. The summed E-state index contributed by atoms with van der Waals surface area (Å²) in [6, 6.07) is 9.33. The Bertz CT molecular complexity index is 677. The highest BCUT2D eigenvalue weighted by Gasteiger charge is 2.08. The summed E-state index contributed by atoms with van der Waals surface area (Å²) in [4.78, 5) is 11.8. The molecule has 0 bridgehead atoms. The van der Waals surface area contributed by atoms with E-state index < -0.39 is 0 Å². The lowest BCUT2D eigenvalue weighted by Crippen LogP contribution is -2.21. The summed E-state index contributed by atoms with van der Waals surface area (Å²) in [7, 11) is 0. The smallest absolute Gasteiger partial charge is 0.262 e. The molecule has 0 unspecified atom stereocenters. The minimum atomic E-state index is -0.383. The molecule has 21 heavy (non-hydrogen) atoms. The second-order valence-electron chi connectivity index (χ2n) is 4.50. The zero-order valence-corrected chi connectivity index (χ0v) is 12.9. The van der Waals surface area contributed by atoms with Gasteiger partial charge in [-0.1, -0.05) is 6.07 Å². The highest BCUT2D eigenvalue weighted by atomic mass is 79.9. The number of rotatable bonds is 4. The van der Waals surface area contributed by atoms with Crippen LogP contribution in [-0.2, 0) is 4.79 Å². The average Bonchev–Trinajstić information content (AvgIpc) is 2.41. The molecule has 0 aliphatic heterocycles. The van der Waals surface area contributed by atoms with Crippen LogP contribution in [-0.4, -0.2) is 12.5 Å². The number of halogens is 2. The third-order valence-corrected chi connectivity index (χ3v) is 3.35. The molecule has 0 fully saturated rings. The Morgan fingerprint density at radius 1 is 1.33 bits per heavy atom. The lowest BCUT2D eigenvalue weighted by molar-refractivity contribution is -0.118. The van der Waals surface area contributed by atoms with Gasteiger partial charge in [-0.2, -0.15) is 0 Å². The standard InChI is InChI=1S/C15H14BrFN2O2/c1-9-2-4-13(12(18)6-9)19-15(20)8-21-14-5-3-10(17)7-11(14)16/h2-7H,8,18H2,1H3,(H,19,20). The molecule has 2 rings (SSSR count). The van der Waals surface area contributed by atoms with Gasteiger partial charge >= 0.3 is 0 Å². The van der Waals surface area contributed by atoms with E-state index in [1.165, 1.54) is 18.2 Å². The molecule has 0 aromatic heterocycles. The van der Waals surface area contributed by atoms with Gasteiger partial charge in [0.15, 0.2) is 6.61 Å². The van der Waals surface area contributed by atoms with Crippen molar-refractivity contribution in [3.63, 3.8) is 0 Å². The van der Waals surface area contributed by atoms with Gasteiger partial charge in [0.05, 0.1) is 15.8 Å². The molecule has 0 heterocycles. The van der Waals surface area contributed by atoms with E-state index in [1.54, 1.807) is 12.1 Å². The van der Waals surface area contributed by atoms with E-state index in [0.29, 0.717) is 21.6 Å². The van der Waals surface area contributed by atoms with Crippen LogP contribution in [0, 0.1) is 12.7 Å². The highest BCUT2D eigenvalue weighted by molar-refractivity contribution is 9.10. The number of hydrogen-bond acceptors (Lipinski definition) is 3. The molecule has 2 aromatic rings. The van der Waals surface area contributed by atoms with E-state index in [-0.39, 0.29) is 18.3 Å². The van der Waals surface area contributed by atoms with Gasteiger partial charge in [0.1, 0.15) is 11.6 Å². The van der Waals surface area contributed by atoms with E-state index in [4.69, 9.17) is 10.5 Å². The maximum atomic E-state index is 12.9. The first-order valence-corrected chi connectivity index (χ1v) is 6.99. The molecule has 0 radical (unpaired) electrons. The van der Waals surface area contributed by atoms with Gasteiger partial charge in [0.25, 0.3) is 5.91 Å². The number of hydrogen-bond donors (Lipinski definition) is 2. The molecule has 0 aliphatic rings. The predicted octanol–water partition coefficient (Wildman–Crippen LogP) is 3.50. The highest BCUT2D eigenvalue weighted by Crippen LogP contribution is 2.25. The monoisotopic (exact) mass is 352 g/mol. The van der Waals surface area contributed by atoms with Crippen molar-refractivity contribution < 1.29 is 13.9 Å². The Hall–Kier alpha value is -2.08. The van der Waals surface area contributed by atoms with Crippen LogP contribution in [0.1, 0.15) is 5.56 Å². The summed E-state index contributed by atoms with van der Waals surface area (Å²) in [6.07, 6.45) is 0.